The van der Waals surface area contributed by atoms with E-state index in [1.165, 1.54) is 6.07 Å². The molecule has 2 aromatic carbocycles. The quantitative estimate of drug-likeness (QED) is 0.791. The predicted molar refractivity (Wildman–Crippen MR) is 104 cm³/mol. The Labute approximate surface area is 167 Å². The monoisotopic (exact) mass is 396 g/mol. The molecule has 2 aromatic rings. The van der Waals surface area contributed by atoms with Gasteiger partial charge in [0, 0.05) is 12.0 Å². The molecule has 0 aromatic heterocycles. The highest BCUT2D eigenvalue weighted by molar-refractivity contribution is 6.06. The fourth-order valence-corrected chi connectivity index (χ4v) is 3.72. The highest BCUT2D eigenvalue weighted by Crippen LogP contribution is 2.33. The van der Waals surface area contributed by atoms with E-state index in [1.54, 1.807) is 32.0 Å². The van der Waals surface area contributed by atoms with Gasteiger partial charge in [-0.1, -0.05) is 53.7 Å². The van der Waals surface area contributed by atoms with E-state index in [-0.39, 0.29) is 12.0 Å². The summed E-state index contributed by atoms with van der Waals surface area (Å²) in [5, 5.41) is 3.89. The molecule has 0 unspecified atom stereocenters. The summed E-state index contributed by atoms with van der Waals surface area (Å²) in [5.74, 6) is -0.969. The van der Waals surface area contributed by atoms with Crippen LogP contribution in [0, 0.1) is 5.82 Å². The molecule has 2 atom stereocenters. The van der Waals surface area contributed by atoms with Gasteiger partial charge in [0.05, 0.1) is 11.8 Å². The first kappa shape index (κ1) is 19.1. The van der Waals surface area contributed by atoms with Gasteiger partial charge in [-0.3, -0.25) is 4.79 Å². The highest BCUT2D eigenvalue weighted by atomic mass is 19.1. The maximum absolute atomic E-state index is 14.0. The number of rotatable bonds is 4. The first-order valence-corrected chi connectivity index (χ1v) is 9.44. The van der Waals surface area contributed by atoms with E-state index in [4.69, 9.17) is 9.57 Å². The summed E-state index contributed by atoms with van der Waals surface area (Å²) in [6.45, 7) is 3.56. The summed E-state index contributed by atoms with van der Waals surface area (Å²) in [4.78, 5) is 32.1. The Morgan fingerprint density at radius 2 is 1.86 bits per heavy atom. The van der Waals surface area contributed by atoms with Gasteiger partial charge in [0.1, 0.15) is 11.4 Å². The Balaban J connectivity index is 1.54. The number of hydrogen-bond acceptors (Lipinski definition) is 5. The van der Waals surface area contributed by atoms with Crippen molar-refractivity contribution < 1.29 is 23.6 Å². The number of oxime groups is 1. The van der Waals surface area contributed by atoms with Crippen LogP contribution >= 0.6 is 0 Å². The van der Waals surface area contributed by atoms with Crippen LogP contribution in [0.5, 0.6) is 0 Å². The van der Waals surface area contributed by atoms with Gasteiger partial charge in [0.25, 0.3) is 5.91 Å². The SMILES string of the molecule is CC1(C)OC(=O)N(C(=O)[C@@H]2CC(c3ccccc3F)=NO2)[C@H]1Cc1ccccc1. The van der Waals surface area contributed by atoms with Crippen molar-refractivity contribution in [2.45, 2.75) is 44.4 Å². The van der Waals surface area contributed by atoms with E-state index in [0.717, 1.165) is 10.5 Å². The molecule has 0 radical (unpaired) electrons. The fraction of sp³-hybridized carbons (Fsp3) is 0.318. The Morgan fingerprint density at radius 1 is 1.17 bits per heavy atom. The molecule has 7 heteroatoms. The van der Waals surface area contributed by atoms with Crippen molar-refractivity contribution in [1.29, 1.82) is 0 Å². The van der Waals surface area contributed by atoms with Gasteiger partial charge in [0.15, 0.2) is 0 Å². The van der Waals surface area contributed by atoms with E-state index >= 15 is 0 Å². The van der Waals surface area contributed by atoms with E-state index in [0.29, 0.717) is 12.1 Å². The molecule has 29 heavy (non-hydrogen) atoms. The third-order valence-electron chi connectivity index (χ3n) is 5.30. The molecule has 0 aliphatic carbocycles. The smallest absolute Gasteiger partial charge is 0.417 e. The first-order chi connectivity index (χ1) is 13.9. The van der Waals surface area contributed by atoms with Crippen LogP contribution in [-0.4, -0.2) is 40.4 Å². The van der Waals surface area contributed by atoms with Crippen molar-refractivity contribution in [3.63, 3.8) is 0 Å². The molecule has 2 heterocycles. The van der Waals surface area contributed by atoms with Gasteiger partial charge in [-0.2, -0.15) is 0 Å². The number of ether oxygens (including phenoxy) is 1. The van der Waals surface area contributed by atoms with Crippen molar-refractivity contribution >= 4 is 17.7 Å². The molecule has 6 nitrogen and oxygen atoms in total. The van der Waals surface area contributed by atoms with Crippen molar-refractivity contribution in [2.75, 3.05) is 0 Å². The number of nitrogens with zero attached hydrogens (tertiary/aromatic N) is 2. The molecule has 150 valence electrons. The van der Waals surface area contributed by atoms with Crippen LogP contribution in [0.3, 0.4) is 0 Å². The van der Waals surface area contributed by atoms with Crippen molar-refractivity contribution in [3.8, 4) is 0 Å². The van der Waals surface area contributed by atoms with Gasteiger partial charge in [-0.05, 0) is 31.9 Å². The predicted octanol–water partition coefficient (Wildman–Crippen LogP) is 3.69. The summed E-state index contributed by atoms with van der Waals surface area (Å²) in [5.41, 5.74) is 0.759. The maximum Gasteiger partial charge on any atom is 0.417 e. The lowest BCUT2D eigenvalue weighted by Gasteiger charge is -2.28. The average Bonchev–Trinajstić information content (AvgIpc) is 3.25. The van der Waals surface area contributed by atoms with Gasteiger partial charge >= 0.3 is 6.09 Å². The average molecular weight is 396 g/mol. The van der Waals surface area contributed by atoms with Crippen LogP contribution in [0.15, 0.2) is 59.8 Å². The van der Waals surface area contributed by atoms with Crippen LogP contribution < -0.4 is 0 Å². The zero-order valence-electron chi connectivity index (χ0n) is 16.2. The second-order valence-electron chi connectivity index (χ2n) is 7.70. The number of carbonyl (C=O) groups excluding carboxylic acids is 2. The molecule has 0 saturated carbocycles. The Bertz CT molecular complexity index is 974. The topological polar surface area (TPSA) is 68.2 Å². The van der Waals surface area contributed by atoms with Crippen LogP contribution in [0.2, 0.25) is 0 Å². The van der Waals surface area contributed by atoms with Crippen LogP contribution in [0.4, 0.5) is 9.18 Å². The van der Waals surface area contributed by atoms with Crippen LogP contribution in [-0.2, 0) is 20.8 Å². The second kappa shape index (κ2) is 7.31. The normalized spacial score (nSPS) is 22.8. The number of cyclic esters (lactones) is 1. The largest absolute Gasteiger partial charge is 0.441 e. The zero-order valence-corrected chi connectivity index (χ0v) is 16.2. The lowest BCUT2D eigenvalue weighted by molar-refractivity contribution is -0.140. The Morgan fingerprint density at radius 3 is 2.59 bits per heavy atom. The number of amides is 2. The van der Waals surface area contributed by atoms with Crippen molar-refractivity contribution in [2.24, 2.45) is 5.16 Å². The van der Waals surface area contributed by atoms with E-state index in [1.807, 2.05) is 30.3 Å². The molecule has 0 spiro atoms. The standard InChI is InChI=1S/C22H21FN2O4/c1-22(2)19(12-14-8-4-3-5-9-14)25(21(27)28-22)20(26)18-13-17(24-29-18)15-10-6-7-11-16(15)23/h3-11,18-19H,12-13H2,1-2H3/t18-,19-/m0/s1. The van der Waals surface area contributed by atoms with E-state index in [9.17, 15) is 14.0 Å². The summed E-state index contributed by atoms with van der Waals surface area (Å²) >= 11 is 0. The first-order valence-electron chi connectivity index (χ1n) is 9.44. The minimum Gasteiger partial charge on any atom is -0.441 e. The minimum atomic E-state index is -0.996. The number of hydrogen-bond donors (Lipinski definition) is 0. The van der Waals surface area contributed by atoms with Gasteiger partial charge in [-0.15, -0.1) is 0 Å². The van der Waals surface area contributed by atoms with Crippen molar-refractivity contribution in [3.05, 3.63) is 71.5 Å². The molecule has 2 amide bonds. The molecule has 1 saturated heterocycles. The van der Waals surface area contributed by atoms with Gasteiger partial charge in [0.2, 0.25) is 6.10 Å². The van der Waals surface area contributed by atoms with Gasteiger partial charge in [-0.25, -0.2) is 14.1 Å². The lowest BCUT2D eigenvalue weighted by Crippen LogP contribution is -2.49. The summed E-state index contributed by atoms with van der Waals surface area (Å²) < 4.78 is 19.5. The second-order valence-corrected chi connectivity index (χ2v) is 7.70. The number of imide groups is 1. The van der Waals surface area contributed by atoms with E-state index < -0.39 is 35.6 Å². The van der Waals surface area contributed by atoms with Crippen molar-refractivity contribution in [1.82, 2.24) is 4.90 Å². The maximum atomic E-state index is 14.0. The lowest BCUT2D eigenvalue weighted by atomic mass is 9.91. The minimum absolute atomic E-state index is 0.0853. The molecule has 4 rings (SSSR count). The molecule has 2 aliphatic rings. The highest BCUT2D eigenvalue weighted by Gasteiger charge is 2.52. The summed E-state index contributed by atoms with van der Waals surface area (Å²) in [7, 11) is 0. The summed E-state index contributed by atoms with van der Waals surface area (Å²) in [6.07, 6.45) is -1.16. The molecule has 1 fully saturated rings. The number of benzene rings is 2. The number of carbonyl (C=O) groups is 2. The van der Waals surface area contributed by atoms with E-state index in [2.05, 4.69) is 5.16 Å². The molecule has 0 N–H and O–H groups in total. The zero-order chi connectivity index (χ0) is 20.6. The molecular weight excluding hydrogens is 375 g/mol. The Hall–Kier alpha value is -3.22. The molecular formula is C22H21FN2O4. The third kappa shape index (κ3) is 3.60. The summed E-state index contributed by atoms with van der Waals surface area (Å²) in [6, 6.07) is 15.3. The third-order valence-corrected chi connectivity index (χ3v) is 5.30. The van der Waals surface area contributed by atoms with Gasteiger partial charge < -0.3 is 9.57 Å². The molecule has 0 bridgehead atoms. The number of halogens is 1. The molecule has 2 aliphatic heterocycles. The Kier molecular flexibility index (Phi) is 4.82. The van der Waals surface area contributed by atoms with Crippen LogP contribution in [0.25, 0.3) is 0 Å². The van der Waals surface area contributed by atoms with Crippen LogP contribution in [0.1, 0.15) is 31.4 Å². The fourth-order valence-electron chi connectivity index (χ4n) is 3.72.